The molecule has 5 nitrogen and oxygen atoms in total. The number of benzene rings is 2. The topological polar surface area (TPSA) is 46.9 Å². The standard InChI is InChI=1S/C24H26ClN3O2/c1-3-30-24(29)20-15-26-22-17(2)21(25)10-9-19(22)23(20)28-13-11-27(12-14-28)16-18-7-5-4-6-8-18/h4-10,15H,3,11-14,16H2,1-2H3/p+1. The molecule has 0 bridgehead atoms. The van der Waals surface area contributed by atoms with E-state index in [1.54, 1.807) is 11.1 Å². The number of piperazine rings is 1. The maximum absolute atomic E-state index is 12.7. The van der Waals surface area contributed by atoms with Crippen molar-refractivity contribution in [3.63, 3.8) is 0 Å². The fraction of sp³-hybridized carbons (Fsp3) is 0.333. The third-order valence-corrected chi connectivity index (χ3v) is 6.19. The maximum Gasteiger partial charge on any atom is 0.341 e. The normalized spacial score (nSPS) is 14.8. The van der Waals surface area contributed by atoms with Crippen LogP contribution in [-0.2, 0) is 11.3 Å². The fourth-order valence-corrected chi connectivity index (χ4v) is 4.33. The van der Waals surface area contributed by atoms with E-state index in [1.165, 1.54) is 5.56 Å². The lowest BCUT2D eigenvalue weighted by Crippen LogP contribution is -3.13. The van der Waals surface area contributed by atoms with Crippen molar-refractivity contribution in [1.82, 2.24) is 4.98 Å². The minimum absolute atomic E-state index is 0.325. The maximum atomic E-state index is 12.7. The van der Waals surface area contributed by atoms with Crippen LogP contribution in [0.3, 0.4) is 0 Å². The summed E-state index contributed by atoms with van der Waals surface area (Å²) in [7, 11) is 0. The molecule has 1 N–H and O–H groups in total. The van der Waals surface area contributed by atoms with Gasteiger partial charge in [0.1, 0.15) is 12.1 Å². The molecule has 156 valence electrons. The molecular weight excluding hydrogens is 398 g/mol. The molecule has 6 heteroatoms. The van der Waals surface area contributed by atoms with Gasteiger partial charge in [0.15, 0.2) is 0 Å². The molecule has 0 unspecified atom stereocenters. The number of nitrogens with zero attached hydrogens (tertiary/aromatic N) is 2. The largest absolute Gasteiger partial charge is 0.462 e. The van der Waals surface area contributed by atoms with Gasteiger partial charge in [0.2, 0.25) is 0 Å². The van der Waals surface area contributed by atoms with Crippen LogP contribution in [0.1, 0.15) is 28.4 Å². The number of halogens is 1. The van der Waals surface area contributed by atoms with Crippen molar-refractivity contribution < 1.29 is 14.4 Å². The van der Waals surface area contributed by atoms with Gasteiger partial charge >= 0.3 is 5.97 Å². The van der Waals surface area contributed by atoms with Gasteiger partial charge < -0.3 is 14.5 Å². The molecule has 1 aliphatic heterocycles. The van der Waals surface area contributed by atoms with Crippen LogP contribution in [0.15, 0.2) is 48.7 Å². The average molecular weight is 425 g/mol. The first-order valence-corrected chi connectivity index (χ1v) is 10.8. The predicted octanol–water partition coefficient (Wildman–Crippen LogP) is 3.28. The molecule has 3 aromatic rings. The van der Waals surface area contributed by atoms with E-state index in [9.17, 15) is 4.79 Å². The molecule has 2 aromatic carbocycles. The van der Waals surface area contributed by atoms with E-state index < -0.39 is 0 Å². The van der Waals surface area contributed by atoms with E-state index in [4.69, 9.17) is 16.3 Å². The molecule has 1 aliphatic rings. The van der Waals surface area contributed by atoms with Crippen molar-refractivity contribution in [2.75, 3.05) is 37.7 Å². The van der Waals surface area contributed by atoms with Gasteiger partial charge in [-0.25, -0.2) is 4.79 Å². The van der Waals surface area contributed by atoms with E-state index in [-0.39, 0.29) is 5.97 Å². The van der Waals surface area contributed by atoms with Gasteiger partial charge in [0, 0.05) is 22.2 Å². The smallest absolute Gasteiger partial charge is 0.341 e. The van der Waals surface area contributed by atoms with Crippen molar-refractivity contribution in [3.05, 3.63) is 70.4 Å². The number of rotatable bonds is 5. The summed E-state index contributed by atoms with van der Waals surface area (Å²) in [5, 5.41) is 1.64. The number of anilines is 1. The number of pyridine rings is 1. The Bertz CT molecular complexity index is 1050. The molecule has 0 spiro atoms. The molecular formula is C24H27ClN3O2+. The highest BCUT2D eigenvalue weighted by Crippen LogP contribution is 2.34. The molecule has 30 heavy (non-hydrogen) atoms. The van der Waals surface area contributed by atoms with Crippen molar-refractivity contribution in [2.45, 2.75) is 20.4 Å². The third kappa shape index (κ3) is 4.13. The first kappa shape index (κ1) is 20.6. The Labute approximate surface area is 182 Å². The number of fused-ring (bicyclic) bond motifs is 1. The molecule has 0 aliphatic carbocycles. The molecule has 0 atom stereocenters. The lowest BCUT2D eigenvalue weighted by molar-refractivity contribution is -0.914. The summed E-state index contributed by atoms with van der Waals surface area (Å²) in [6, 6.07) is 14.5. The van der Waals surface area contributed by atoms with E-state index in [0.29, 0.717) is 17.2 Å². The van der Waals surface area contributed by atoms with Crippen LogP contribution in [0.4, 0.5) is 5.69 Å². The van der Waals surface area contributed by atoms with Crippen molar-refractivity contribution >= 4 is 34.2 Å². The minimum atomic E-state index is -0.325. The Morgan fingerprint density at radius 2 is 1.90 bits per heavy atom. The Morgan fingerprint density at radius 1 is 1.17 bits per heavy atom. The lowest BCUT2D eigenvalue weighted by atomic mass is 10.0. The molecule has 0 radical (unpaired) electrons. The first-order valence-electron chi connectivity index (χ1n) is 10.5. The zero-order chi connectivity index (χ0) is 21.1. The molecule has 1 fully saturated rings. The van der Waals surface area contributed by atoms with Crippen LogP contribution in [0.25, 0.3) is 10.9 Å². The quantitative estimate of drug-likeness (QED) is 0.638. The number of aromatic nitrogens is 1. The molecule has 0 saturated carbocycles. The highest BCUT2D eigenvalue weighted by molar-refractivity contribution is 6.32. The lowest BCUT2D eigenvalue weighted by Gasteiger charge is -2.35. The van der Waals surface area contributed by atoms with Crippen LogP contribution < -0.4 is 9.80 Å². The SMILES string of the molecule is CCOC(=O)c1cnc2c(C)c(Cl)ccc2c1N1CC[NH+](Cc2ccccc2)CC1. The highest BCUT2D eigenvalue weighted by atomic mass is 35.5. The van der Waals surface area contributed by atoms with E-state index in [1.807, 2.05) is 26.0 Å². The fourth-order valence-electron chi connectivity index (χ4n) is 4.18. The van der Waals surface area contributed by atoms with Crippen LogP contribution in [-0.4, -0.2) is 43.7 Å². The Hall–Kier alpha value is -2.63. The second kappa shape index (κ2) is 9.02. The van der Waals surface area contributed by atoms with E-state index in [0.717, 1.165) is 54.9 Å². The number of quaternary nitrogens is 1. The number of carbonyl (C=O) groups excluding carboxylic acids is 1. The molecule has 1 saturated heterocycles. The summed E-state index contributed by atoms with van der Waals surface area (Å²) in [5.74, 6) is -0.325. The molecule has 0 amide bonds. The average Bonchev–Trinajstić information content (AvgIpc) is 2.77. The monoisotopic (exact) mass is 424 g/mol. The van der Waals surface area contributed by atoms with E-state index >= 15 is 0 Å². The zero-order valence-corrected chi connectivity index (χ0v) is 18.2. The van der Waals surface area contributed by atoms with Crippen molar-refractivity contribution in [1.29, 1.82) is 0 Å². The van der Waals surface area contributed by atoms with Crippen LogP contribution in [0.2, 0.25) is 5.02 Å². The van der Waals surface area contributed by atoms with Crippen LogP contribution in [0.5, 0.6) is 0 Å². The van der Waals surface area contributed by atoms with Crippen molar-refractivity contribution in [3.8, 4) is 0 Å². The summed E-state index contributed by atoms with van der Waals surface area (Å²) < 4.78 is 5.33. The zero-order valence-electron chi connectivity index (χ0n) is 17.5. The number of hydrogen-bond acceptors (Lipinski definition) is 4. The van der Waals surface area contributed by atoms with Crippen molar-refractivity contribution in [2.24, 2.45) is 0 Å². The summed E-state index contributed by atoms with van der Waals surface area (Å²) >= 11 is 6.33. The number of carbonyl (C=O) groups is 1. The molecule has 2 heterocycles. The summed E-state index contributed by atoms with van der Waals surface area (Å²) in [5.41, 5.74) is 4.56. The van der Waals surface area contributed by atoms with Gasteiger partial charge in [-0.05, 0) is 31.5 Å². The highest BCUT2D eigenvalue weighted by Gasteiger charge is 2.27. The van der Waals surface area contributed by atoms with Gasteiger partial charge in [-0.2, -0.15) is 0 Å². The minimum Gasteiger partial charge on any atom is -0.462 e. The van der Waals surface area contributed by atoms with E-state index in [2.05, 4.69) is 40.2 Å². The number of nitrogens with one attached hydrogen (secondary N) is 1. The number of hydrogen-bond donors (Lipinski definition) is 1. The second-order valence-electron chi connectivity index (χ2n) is 7.71. The second-order valence-corrected chi connectivity index (χ2v) is 8.12. The first-order chi connectivity index (χ1) is 14.6. The van der Waals surface area contributed by atoms with Gasteiger partial charge in [-0.15, -0.1) is 0 Å². The predicted molar refractivity (Wildman–Crippen MR) is 121 cm³/mol. The van der Waals surface area contributed by atoms with Crippen LogP contribution in [0, 0.1) is 6.92 Å². The summed E-state index contributed by atoms with van der Waals surface area (Å²) in [6.07, 6.45) is 1.64. The Kier molecular flexibility index (Phi) is 6.21. The number of ether oxygens (including phenoxy) is 1. The van der Waals surface area contributed by atoms with Gasteiger partial charge in [0.25, 0.3) is 0 Å². The Balaban J connectivity index is 1.64. The van der Waals surface area contributed by atoms with Gasteiger partial charge in [-0.3, -0.25) is 4.98 Å². The van der Waals surface area contributed by atoms with Gasteiger partial charge in [0.05, 0.1) is 44.0 Å². The van der Waals surface area contributed by atoms with Gasteiger partial charge in [-0.1, -0.05) is 41.9 Å². The summed E-state index contributed by atoms with van der Waals surface area (Å²) in [6.45, 7) is 8.90. The number of esters is 1. The summed E-state index contributed by atoms with van der Waals surface area (Å²) in [4.78, 5) is 21.1. The molecule has 4 rings (SSSR count). The number of aryl methyl sites for hydroxylation is 1. The molecule has 1 aromatic heterocycles. The third-order valence-electron chi connectivity index (χ3n) is 5.78. The van der Waals surface area contributed by atoms with Crippen LogP contribution >= 0.6 is 11.6 Å². The Morgan fingerprint density at radius 3 is 2.60 bits per heavy atom.